The number of pyridine rings is 1. The maximum atomic E-state index is 12.6. The van der Waals surface area contributed by atoms with Crippen LogP contribution < -0.4 is 20.1 Å². The summed E-state index contributed by atoms with van der Waals surface area (Å²) in [4.78, 5) is 27.5. The molecule has 166 valence electrons. The van der Waals surface area contributed by atoms with E-state index in [1.54, 1.807) is 18.2 Å². The molecule has 0 atom stereocenters. The quantitative estimate of drug-likeness (QED) is 0.550. The lowest BCUT2D eigenvalue weighted by molar-refractivity contribution is -0.137. The molecule has 0 radical (unpaired) electrons. The summed E-state index contributed by atoms with van der Waals surface area (Å²) in [6.45, 7) is 1.36. The lowest BCUT2D eigenvalue weighted by Crippen LogP contribution is -2.13. The number of rotatable bonds is 6. The maximum absolute atomic E-state index is 12.6. The van der Waals surface area contributed by atoms with Crippen molar-refractivity contribution in [2.24, 2.45) is 0 Å². The molecule has 3 aromatic rings. The molecule has 10 heteroatoms. The molecule has 32 heavy (non-hydrogen) atoms. The number of nitrogens with one attached hydrogen (secondary N) is 2. The zero-order valence-electron chi connectivity index (χ0n) is 17.0. The van der Waals surface area contributed by atoms with Gasteiger partial charge in [0, 0.05) is 30.4 Å². The Bertz CT molecular complexity index is 1110. The Morgan fingerprint density at radius 3 is 2.25 bits per heavy atom. The van der Waals surface area contributed by atoms with Gasteiger partial charge in [-0.3, -0.25) is 9.59 Å². The van der Waals surface area contributed by atoms with Crippen molar-refractivity contribution in [1.29, 1.82) is 0 Å². The fourth-order valence-corrected chi connectivity index (χ4v) is 2.68. The van der Waals surface area contributed by atoms with Gasteiger partial charge in [0.25, 0.3) is 5.91 Å². The molecule has 2 amide bonds. The molecule has 0 saturated carbocycles. The third-order valence-corrected chi connectivity index (χ3v) is 4.17. The number of halogens is 3. The number of amides is 2. The van der Waals surface area contributed by atoms with Gasteiger partial charge in [0.05, 0.1) is 18.4 Å². The zero-order valence-corrected chi connectivity index (χ0v) is 17.0. The highest BCUT2D eigenvalue weighted by atomic mass is 19.4. The molecule has 1 heterocycles. The number of nitrogens with zero attached hydrogens (tertiary/aromatic N) is 1. The van der Waals surface area contributed by atoms with Crippen LogP contribution in [0.3, 0.4) is 0 Å². The third-order valence-electron chi connectivity index (χ3n) is 4.17. The first-order valence-corrected chi connectivity index (χ1v) is 9.24. The monoisotopic (exact) mass is 445 g/mol. The van der Waals surface area contributed by atoms with Crippen molar-refractivity contribution in [3.63, 3.8) is 0 Å². The van der Waals surface area contributed by atoms with Gasteiger partial charge in [-0.1, -0.05) is 0 Å². The van der Waals surface area contributed by atoms with E-state index in [-0.39, 0.29) is 11.8 Å². The summed E-state index contributed by atoms with van der Waals surface area (Å²) < 4.78 is 48.4. The predicted octanol–water partition coefficient (Wildman–Crippen LogP) is 5.11. The summed E-state index contributed by atoms with van der Waals surface area (Å²) in [5.41, 5.74) is 0.283. The highest BCUT2D eigenvalue weighted by molar-refractivity contribution is 6.05. The number of aromatic nitrogens is 1. The predicted molar refractivity (Wildman–Crippen MR) is 111 cm³/mol. The number of alkyl halides is 3. The van der Waals surface area contributed by atoms with Crippen molar-refractivity contribution in [3.8, 4) is 17.4 Å². The fraction of sp³-hybridized carbons (Fsp3) is 0.136. The summed E-state index contributed by atoms with van der Waals surface area (Å²) in [7, 11) is 1.46. The summed E-state index contributed by atoms with van der Waals surface area (Å²) >= 11 is 0. The topological polar surface area (TPSA) is 89.6 Å². The first kappa shape index (κ1) is 22.6. The van der Waals surface area contributed by atoms with Crippen LogP contribution in [0.4, 0.5) is 24.5 Å². The molecule has 2 aromatic carbocycles. The second-order valence-corrected chi connectivity index (χ2v) is 6.56. The van der Waals surface area contributed by atoms with Gasteiger partial charge in [-0.05, 0) is 48.5 Å². The van der Waals surface area contributed by atoms with Crippen LogP contribution in [0.1, 0.15) is 22.8 Å². The minimum Gasteiger partial charge on any atom is -0.495 e. The fourth-order valence-electron chi connectivity index (χ4n) is 2.68. The number of carbonyl (C=O) groups is 2. The van der Waals surface area contributed by atoms with Gasteiger partial charge in [0.15, 0.2) is 0 Å². The molecular weight excluding hydrogens is 427 g/mol. The molecule has 0 fully saturated rings. The van der Waals surface area contributed by atoms with Gasteiger partial charge in [-0.25, -0.2) is 4.98 Å². The van der Waals surface area contributed by atoms with Crippen molar-refractivity contribution in [1.82, 2.24) is 4.98 Å². The smallest absolute Gasteiger partial charge is 0.417 e. The third kappa shape index (κ3) is 5.75. The summed E-state index contributed by atoms with van der Waals surface area (Å²) in [5, 5.41) is 5.33. The minimum atomic E-state index is -4.48. The normalized spacial score (nSPS) is 10.9. The number of methoxy groups -OCH3 is 1. The lowest BCUT2D eigenvalue weighted by atomic mass is 10.2. The Balaban J connectivity index is 1.67. The van der Waals surface area contributed by atoms with Crippen molar-refractivity contribution >= 4 is 23.2 Å². The van der Waals surface area contributed by atoms with E-state index >= 15 is 0 Å². The van der Waals surface area contributed by atoms with Gasteiger partial charge in [-0.2, -0.15) is 13.2 Å². The first-order chi connectivity index (χ1) is 15.2. The van der Waals surface area contributed by atoms with Crippen LogP contribution >= 0.6 is 0 Å². The van der Waals surface area contributed by atoms with E-state index in [1.807, 2.05) is 0 Å². The molecule has 0 bridgehead atoms. The van der Waals surface area contributed by atoms with Crippen LogP contribution in [0.15, 0.2) is 60.8 Å². The zero-order chi connectivity index (χ0) is 23.3. The van der Waals surface area contributed by atoms with E-state index in [0.29, 0.717) is 34.6 Å². The average Bonchev–Trinajstić information content (AvgIpc) is 2.74. The standard InChI is InChI=1S/C22H18F3N3O4/c1-13(29)27-18-11-16(6-9-19(18)31-2)28-21(30)14-3-7-17(8-4-14)32-20-10-5-15(12-26-20)22(23,24)25/h3-12H,1-2H3,(H,27,29)(H,28,30). The Labute approximate surface area is 181 Å². The molecule has 0 unspecified atom stereocenters. The lowest BCUT2D eigenvalue weighted by Gasteiger charge is -2.12. The Morgan fingerprint density at radius 2 is 1.69 bits per heavy atom. The van der Waals surface area contributed by atoms with Gasteiger partial charge < -0.3 is 20.1 Å². The van der Waals surface area contributed by atoms with E-state index in [9.17, 15) is 22.8 Å². The van der Waals surface area contributed by atoms with E-state index in [2.05, 4.69) is 15.6 Å². The summed E-state index contributed by atoms with van der Waals surface area (Å²) in [5.74, 6) is 0.0229. The van der Waals surface area contributed by atoms with Gasteiger partial charge in [0.2, 0.25) is 11.8 Å². The second kappa shape index (κ2) is 9.38. The molecule has 1 aromatic heterocycles. The van der Waals surface area contributed by atoms with Gasteiger partial charge in [0.1, 0.15) is 11.5 Å². The van der Waals surface area contributed by atoms with Crippen LogP contribution in [0, 0.1) is 0 Å². The van der Waals surface area contributed by atoms with Crippen LogP contribution in [-0.2, 0) is 11.0 Å². The largest absolute Gasteiger partial charge is 0.495 e. The molecule has 0 aliphatic carbocycles. The molecule has 0 spiro atoms. The van der Waals surface area contributed by atoms with E-state index in [0.717, 1.165) is 12.1 Å². The maximum Gasteiger partial charge on any atom is 0.417 e. The average molecular weight is 445 g/mol. The minimum absolute atomic E-state index is 0.0149. The van der Waals surface area contributed by atoms with E-state index in [1.165, 1.54) is 38.3 Å². The summed E-state index contributed by atoms with van der Waals surface area (Å²) in [6, 6.07) is 12.7. The number of carbonyl (C=O) groups excluding carboxylic acids is 2. The number of anilines is 2. The molecule has 3 rings (SSSR count). The van der Waals surface area contributed by atoms with Crippen LogP contribution in [-0.4, -0.2) is 23.9 Å². The summed E-state index contributed by atoms with van der Waals surface area (Å²) in [6.07, 6.45) is -3.80. The molecule has 0 aliphatic heterocycles. The highest BCUT2D eigenvalue weighted by Gasteiger charge is 2.30. The van der Waals surface area contributed by atoms with Crippen LogP contribution in [0.2, 0.25) is 0 Å². The molecule has 0 aliphatic rings. The molecule has 2 N–H and O–H groups in total. The van der Waals surface area contributed by atoms with Crippen molar-refractivity contribution in [2.45, 2.75) is 13.1 Å². The van der Waals surface area contributed by atoms with Crippen molar-refractivity contribution in [2.75, 3.05) is 17.7 Å². The Morgan fingerprint density at radius 1 is 0.969 bits per heavy atom. The molecular formula is C22H18F3N3O4. The van der Waals surface area contributed by atoms with Crippen molar-refractivity contribution in [3.05, 3.63) is 71.9 Å². The van der Waals surface area contributed by atoms with E-state index in [4.69, 9.17) is 9.47 Å². The number of benzene rings is 2. The van der Waals surface area contributed by atoms with Crippen LogP contribution in [0.5, 0.6) is 17.4 Å². The van der Waals surface area contributed by atoms with Gasteiger partial charge >= 0.3 is 6.18 Å². The van der Waals surface area contributed by atoms with E-state index < -0.39 is 17.6 Å². The van der Waals surface area contributed by atoms with Crippen molar-refractivity contribution < 1.29 is 32.2 Å². The first-order valence-electron chi connectivity index (χ1n) is 9.24. The number of ether oxygens (including phenoxy) is 2. The Kier molecular flexibility index (Phi) is 6.62. The Hall–Kier alpha value is -4.08. The molecule has 7 nitrogen and oxygen atoms in total. The highest BCUT2D eigenvalue weighted by Crippen LogP contribution is 2.30. The molecule has 0 saturated heterocycles. The van der Waals surface area contributed by atoms with Crippen LogP contribution in [0.25, 0.3) is 0 Å². The van der Waals surface area contributed by atoms with Gasteiger partial charge in [-0.15, -0.1) is 0 Å². The number of hydrogen-bond donors (Lipinski definition) is 2. The SMILES string of the molecule is COc1ccc(NC(=O)c2ccc(Oc3ccc(C(F)(F)F)cn3)cc2)cc1NC(C)=O. The number of hydrogen-bond acceptors (Lipinski definition) is 5. The second-order valence-electron chi connectivity index (χ2n) is 6.56.